The summed E-state index contributed by atoms with van der Waals surface area (Å²) < 4.78 is 6.19. The summed E-state index contributed by atoms with van der Waals surface area (Å²) in [5.74, 6) is 0.510. The van der Waals surface area contributed by atoms with Gasteiger partial charge in [0.1, 0.15) is 0 Å². The number of nitrogens with zero attached hydrogens (tertiary/aromatic N) is 2. The molecule has 1 fully saturated rings. The predicted molar refractivity (Wildman–Crippen MR) is 90.6 cm³/mol. The molecule has 0 unspecified atom stereocenters. The molecule has 0 atom stereocenters. The van der Waals surface area contributed by atoms with Gasteiger partial charge in [0.2, 0.25) is 0 Å². The van der Waals surface area contributed by atoms with Gasteiger partial charge in [-0.25, -0.2) is 9.78 Å². The summed E-state index contributed by atoms with van der Waals surface area (Å²) in [7, 11) is 1.58. The Morgan fingerprint density at radius 3 is 2.95 bits per heavy atom. The van der Waals surface area contributed by atoms with Crippen LogP contribution in [0.1, 0.15) is 5.56 Å². The molecule has 0 aliphatic carbocycles. The van der Waals surface area contributed by atoms with Gasteiger partial charge in [0.05, 0.1) is 13.3 Å². The number of carbonyl (C=O) groups is 1. The molecule has 116 valence electrons. The van der Waals surface area contributed by atoms with Crippen LogP contribution >= 0.6 is 27.3 Å². The van der Waals surface area contributed by atoms with Gasteiger partial charge in [0.15, 0.2) is 10.2 Å². The number of hydrogen-bond acceptors (Lipinski definition) is 4. The zero-order chi connectivity index (χ0) is 15.5. The Bertz CT molecular complexity index is 670. The number of thiazole rings is 1. The van der Waals surface area contributed by atoms with Crippen molar-refractivity contribution in [2.45, 2.75) is 6.42 Å². The molecule has 1 aliphatic rings. The number of ether oxygens (including phenoxy) is 1. The van der Waals surface area contributed by atoms with Gasteiger partial charge in [-0.15, -0.1) is 0 Å². The second-order valence-corrected chi connectivity index (χ2v) is 7.03. The van der Waals surface area contributed by atoms with E-state index in [1.165, 1.54) is 16.9 Å². The number of carbonyl (C=O) groups excluding carboxylic acids is 1. The fourth-order valence-corrected chi connectivity index (χ4v) is 3.49. The maximum absolute atomic E-state index is 12.1. The number of anilines is 1. The monoisotopic (exact) mass is 381 g/mol. The average Bonchev–Trinajstić information content (AvgIpc) is 2.91. The van der Waals surface area contributed by atoms with Crippen LogP contribution < -0.4 is 10.1 Å². The zero-order valence-corrected chi connectivity index (χ0v) is 14.5. The van der Waals surface area contributed by atoms with Crippen LogP contribution in [0.3, 0.4) is 0 Å². The third-order valence-electron chi connectivity index (χ3n) is 3.61. The third kappa shape index (κ3) is 3.41. The standard InChI is InChI=1S/C15H16BrN3O2S/c1-21-13-7-17-14(22-13)18-15(20)19-8-10(9-19)6-11-4-2-3-5-12(11)16/h2-5,7,10H,6,8-9H2,1H3,(H,17,18,20). The Kier molecular flexibility index (Phi) is 4.63. The number of rotatable bonds is 4. The van der Waals surface area contributed by atoms with Crippen molar-refractivity contribution < 1.29 is 9.53 Å². The predicted octanol–water partition coefficient (Wildman–Crippen LogP) is 3.62. The van der Waals surface area contributed by atoms with E-state index in [-0.39, 0.29) is 6.03 Å². The smallest absolute Gasteiger partial charge is 0.323 e. The summed E-state index contributed by atoms with van der Waals surface area (Å²) in [5, 5.41) is 4.05. The van der Waals surface area contributed by atoms with Crippen LogP contribution in [0, 0.1) is 5.92 Å². The Morgan fingerprint density at radius 1 is 1.50 bits per heavy atom. The Hall–Kier alpha value is -1.60. The summed E-state index contributed by atoms with van der Waals surface area (Å²) in [6.45, 7) is 1.55. The molecule has 7 heteroatoms. The lowest BCUT2D eigenvalue weighted by Crippen LogP contribution is -2.52. The summed E-state index contributed by atoms with van der Waals surface area (Å²) in [5.41, 5.74) is 1.29. The van der Waals surface area contributed by atoms with E-state index in [1.807, 2.05) is 18.2 Å². The molecule has 1 saturated heterocycles. The number of urea groups is 1. The second kappa shape index (κ2) is 6.66. The molecule has 1 aliphatic heterocycles. The maximum Gasteiger partial charge on any atom is 0.323 e. The van der Waals surface area contributed by atoms with Gasteiger partial charge in [-0.1, -0.05) is 45.5 Å². The van der Waals surface area contributed by atoms with E-state index >= 15 is 0 Å². The van der Waals surface area contributed by atoms with E-state index in [1.54, 1.807) is 18.2 Å². The van der Waals surface area contributed by atoms with Crippen LogP contribution in [-0.4, -0.2) is 36.1 Å². The van der Waals surface area contributed by atoms with Crippen molar-refractivity contribution in [3.63, 3.8) is 0 Å². The normalized spacial score (nSPS) is 14.5. The van der Waals surface area contributed by atoms with Gasteiger partial charge in [-0.2, -0.15) is 0 Å². The zero-order valence-electron chi connectivity index (χ0n) is 12.1. The van der Waals surface area contributed by atoms with Crippen LogP contribution in [0.15, 0.2) is 34.9 Å². The molecule has 1 aromatic carbocycles. The lowest BCUT2D eigenvalue weighted by Gasteiger charge is -2.39. The fraction of sp³-hybridized carbons (Fsp3) is 0.333. The van der Waals surface area contributed by atoms with E-state index in [0.29, 0.717) is 16.1 Å². The topological polar surface area (TPSA) is 54.5 Å². The largest absolute Gasteiger partial charge is 0.486 e. The Morgan fingerprint density at radius 2 is 2.27 bits per heavy atom. The number of methoxy groups -OCH3 is 1. The first-order chi connectivity index (χ1) is 10.7. The molecule has 2 amide bonds. The summed E-state index contributed by atoms with van der Waals surface area (Å²) >= 11 is 4.88. The molecule has 2 heterocycles. The minimum atomic E-state index is -0.0969. The Balaban J connectivity index is 1.48. The number of likely N-dealkylation sites (tertiary alicyclic amines) is 1. The highest BCUT2D eigenvalue weighted by atomic mass is 79.9. The van der Waals surface area contributed by atoms with Crippen molar-refractivity contribution in [2.24, 2.45) is 5.92 Å². The number of aromatic nitrogens is 1. The third-order valence-corrected chi connectivity index (χ3v) is 5.26. The molecule has 3 rings (SSSR count). The number of amides is 2. The highest BCUT2D eigenvalue weighted by Gasteiger charge is 2.31. The minimum absolute atomic E-state index is 0.0969. The second-order valence-electron chi connectivity index (χ2n) is 5.19. The van der Waals surface area contributed by atoms with E-state index in [4.69, 9.17) is 4.74 Å². The first-order valence-corrected chi connectivity index (χ1v) is 8.56. The van der Waals surface area contributed by atoms with Crippen molar-refractivity contribution in [3.05, 3.63) is 40.5 Å². The van der Waals surface area contributed by atoms with Crippen LogP contribution in [0.2, 0.25) is 0 Å². The first-order valence-electron chi connectivity index (χ1n) is 6.95. The van der Waals surface area contributed by atoms with Gasteiger partial charge in [-0.3, -0.25) is 5.32 Å². The van der Waals surface area contributed by atoms with Crippen LogP contribution in [0.5, 0.6) is 5.06 Å². The molecule has 1 aromatic heterocycles. The molecule has 0 spiro atoms. The van der Waals surface area contributed by atoms with E-state index in [9.17, 15) is 4.79 Å². The molecular formula is C15H16BrN3O2S. The number of halogens is 1. The van der Waals surface area contributed by atoms with Gasteiger partial charge >= 0.3 is 6.03 Å². The molecule has 5 nitrogen and oxygen atoms in total. The molecule has 0 saturated carbocycles. The van der Waals surface area contributed by atoms with Crippen LogP contribution in [0.4, 0.5) is 9.93 Å². The van der Waals surface area contributed by atoms with Crippen LogP contribution in [0.25, 0.3) is 0 Å². The van der Waals surface area contributed by atoms with Crippen molar-refractivity contribution in [2.75, 3.05) is 25.5 Å². The summed E-state index contributed by atoms with van der Waals surface area (Å²) in [6, 6.07) is 8.12. The molecule has 22 heavy (non-hydrogen) atoms. The lowest BCUT2D eigenvalue weighted by atomic mass is 9.92. The molecule has 1 N–H and O–H groups in total. The lowest BCUT2D eigenvalue weighted by molar-refractivity contribution is 0.131. The average molecular weight is 382 g/mol. The SMILES string of the molecule is COc1cnc(NC(=O)N2CC(Cc3ccccc3Br)C2)s1. The van der Waals surface area contributed by atoms with E-state index in [2.05, 4.69) is 32.3 Å². The van der Waals surface area contributed by atoms with E-state index in [0.717, 1.165) is 24.0 Å². The van der Waals surface area contributed by atoms with Gasteiger partial charge in [0, 0.05) is 17.6 Å². The molecule has 2 aromatic rings. The molecular weight excluding hydrogens is 366 g/mol. The van der Waals surface area contributed by atoms with Gasteiger partial charge in [0.25, 0.3) is 0 Å². The van der Waals surface area contributed by atoms with Crippen molar-refractivity contribution in [1.82, 2.24) is 9.88 Å². The maximum atomic E-state index is 12.1. The number of hydrogen-bond donors (Lipinski definition) is 1. The molecule has 0 bridgehead atoms. The van der Waals surface area contributed by atoms with Gasteiger partial charge < -0.3 is 9.64 Å². The highest BCUT2D eigenvalue weighted by molar-refractivity contribution is 9.10. The number of benzene rings is 1. The highest BCUT2D eigenvalue weighted by Crippen LogP contribution is 2.28. The summed E-state index contributed by atoms with van der Waals surface area (Å²) in [6.07, 6.45) is 2.59. The Labute approximate surface area is 141 Å². The van der Waals surface area contributed by atoms with Crippen LogP contribution in [-0.2, 0) is 6.42 Å². The van der Waals surface area contributed by atoms with E-state index < -0.39 is 0 Å². The summed E-state index contributed by atoms with van der Waals surface area (Å²) in [4.78, 5) is 18.0. The van der Waals surface area contributed by atoms with Crippen molar-refractivity contribution in [1.29, 1.82) is 0 Å². The number of nitrogens with one attached hydrogen (secondary N) is 1. The molecule has 0 radical (unpaired) electrons. The van der Waals surface area contributed by atoms with Gasteiger partial charge in [-0.05, 0) is 24.0 Å². The fourth-order valence-electron chi connectivity index (χ4n) is 2.42. The van der Waals surface area contributed by atoms with Crippen molar-refractivity contribution >= 4 is 38.4 Å². The minimum Gasteiger partial charge on any atom is -0.486 e. The van der Waals surface area contributed by atoms with Crippen molar-refractivity contribution in [3.8, 4) is 5.06 Å². The first kappa shape index (κ1) is 15.3. The quantitative estimate of drug-likeness (QED) is 0.879.